The summed E-state index contributed by atoms with van der Waals surface area (Å²) in [6, 6.07) is 8.64. The Labute approximate surface area is 94.7 Å². The maximum absolute atomic E-state index is 8.95. The molecule has 0 saturated carbocycles. The third kappa shape index (κ3) is 1.72. The topological polar surface area (TPSA) is 39.3 Å². The van der Waals surface area contributed by atoms with Gasteiger partial charge < -0.3 is 10.1 Å². The summed E-state index contributed by atoms with van der Waals surface area (Å²) in [7, 11) is 0. The number of benzene rings is 1. The number of hydrogen-bond acceptors (Lipinski definition) is 2. The highest BCUT2D eigenvalue weighted by Gasteiger charge is 2.25. The molecule has 1 aliphatic heterocycles. The first-order valence-corrected chi connectivity index (χ1v) is 5.74. The number of aromatic nitrogens is 1. The van der Waals surface area contributed by atoms with Gasteiger partial charge in [0.25, 0.3) is 0 Å². The summed E-state index contributed by atoms with van der Waals surface area (Å²) in [5.74, 6) is 0.495. The Bertz CT molecular complexity index is 485. The van der Waals surface area contributed by atoms with Crippen LogP contribution in [0.1, 0.15) is 5.56 Å². The second kappa shape index (κ2) is 3.92. The minimum Gasteiger partial charge on any atom is -0.396 e. The number of likely N-dealkylation sites (tertiary alicyclic amines) is 1. The fourth-order valence-corrected chi connectivity index (χ4v) is 2.37. The van der Waals surface area contributed by atoms with Gasteiger partial charge in [0.05, 0.1) is 0 Å². The van der Waals surface area contributed by atoms with E-state index in [2.05, 4.69) is 34.1 Å². The molecule has 1 aromatic heterocycles. The number of aromatic amines is 1. The van der Waals surface area contributed by atoms with Crippen LogP contribution in [0.2, 0.25) is 0 Å². The van der Waals surface area contributed by atoms with Crippen LogP contribution in [-0.4, -0.2) is 34.7 Å². The smallest absolute Gasteiger partial charge is 0.0483 e. The van der Waals surface area contributed by atoms with Gasteiger partial charge in [-0.25, -0.2) is 0 Å². The molecule has 0 amide bonds. The zero-order chi connectivity index (χ0) is 11.0. The quantitative estimate of drug-likeness (QED) is 0.818. The van der Waals surface area contributed by atoms with E-state index in [1.165, 1.54) is 16.5 Å². The molecule has 0 bridgehead atoms. The van der Waals surface area contributed by atoms with Crippen molar-refractivity contribution in [3.05, 3.63) is 36.0 Å². The SMILES string of the molecule is OCC1CN(Cc2ccc3cc[nH]c3c2)C1. The Morgan fingerprint density at radius 2 is 2.19 bits per heavy atom. The summed E-state index contributed by atoms with van der Waals surface area (Å²) >= 11 is 0. The summed E-state index contributed by atoms with van der Waals surface area (Å²) in [6.45, 7) is 3.37. The predicted octanol–water partition coefficient (Wildman–Crippen LogP) is 1.59. The van der Waals surface area contributed by atoms with Crippen molar-refractivity contribution in [2.75, 3.05) is 19.7 Å². The van der Waals surface area contributed by atoms with E-state index >= 15 is 0 Å². The van der Waals surface area contributed by atoms with E-state index in [0.29, 0.717) is 12.5 Å². The number of nitrogens with one attached hydrogen (secondary N) is 1. The average Bonchev–Trinajstić information content (AvgIpc) is 2.69. The Morgan fingerprint density at radius 1 is 1.31 bits per heavy atom. The van der Waals surface area contributed by atoms with Crippen LogP contribution in [0.5, 0.6) is 0 Å². The molecule has 2 aromatic rings. The molecular formula is C13H16N2O. The second-order valence-electron chi connectivity index (χ2n) is 4.64. The van der Waals surface area contributed by atoms with Gasteiger partial charge >= 0.3 is 0 Å². The molecule has 3 rings (SSSR count). The highest BCUT2D eigenvalue weighted by atomic mass is 16.3. The Morgan fingerprint density at radius 3 is 3.00 bits per heavy atom. The second-order valence-corrected chi connectivity index (χ2v) is 4.64. The summed E-state index contributed by atoms with van der Waals surface area (Å²) in [4.78, 5) is 5.60. The van der Waals surface area contributed by atoms with Gasteiger partial charge in [-0.3, -0.25) is 4.90 Å². The molecule has 1 aromatic carbocycles. The van der Waals surface area contributed by atoms with Crippen LogP contribution in [0, 0.1) is 5.92 Å². The van der Waals surface area contributed by atoms with Crippen LogP contribution in [-0.2, 0) is 6.54 Å². The summed E-state index contributed by atoms with van der Waals surface area (Å²) in [6.07, 6.45) is 1.97. The molecule has 2 N–H and O–H groups in total. The maximum Gasteiger partial charge on any atom is 0.0483 e. The van der Waals surface area contributed by atoms with Crippen LogP contribution in [0.25, 0.3) is 10.9 Å². The van der Waals surface area contributed by atoms with Gasteiger partial charge in [0.2, 0.25) is 0 Å². The molecule has 1 fully saturated rings. The molecule has 1 aliphatic rings. The van der Waals surface area contributed by atoms with Gasteiger partial charge in [-0.15, -0.1) is 0 Å². The molecule has 84 valence electrons. The number of nitrogens with zero attached hydrogens (tertiary/aromatic N) is 1. The standard InChI is InChI=1S/C13H16N2O/c16-9-11-7-15(8-11)6-10-1-2-12-3-4-14-13(12)5-10/h1-5,11,14,16H,6-9H2. The van der Waals surface area contributed by atoms with Gasteiger partial charge in [-0.1, -0.05) is 12.1 Å². The van der Waals surface area contributed by atoms with E-state index in [0.717, 1.165) is 19.6 Å². The minimum atomic E-state index is 0.326. The number of aliphatic hydroxyl groups is 1. The van der Waals surface area contributed by atoms with Gasteiger partial charge in [0, 0.05) is 43.9 Å². The lowest BCUT2D eigenvalue weighted by atomic mass is 10.0. The molecule has 16 heavy (non-hydrogen) atoms. The monoisotopic (exact) mass is 216 g/mol. The van der Waals surface area contributed by atoms with E-state index in [9.17, 15) is 0 Å². The first kappa shape index (κ1) is 9.87. The van der Waals surface area contributed by atoms with Gasteiger partial charge in [-0.2, -0.15) is 0 Å². The van der Waals surface area contributed by atoms with Crippen LogP contribution in [0.3, 0.4) is 0 Å². The van der Waals surface area contributed by atoms with Crippen molar-refractivity contribution in [2.45, 2.75) is 6.54 Å². The molecule has 1 saturated heterocycles. The van der Waals surface area contributed by atoms with E-state index in [4.69, 9.17) is 5.11 Å². The zero-order valence-electron chi connectivity index (χ0n) is 9.19. The van der Waals surface area contributed by atoms with Crippen molar-refractivity contribution in [1.82, 2.24) is 9.88 Å². The van der Waals surface area contributed by atoms with Crippen molar-refractivity contribution in [1.29, 1.82) is 0 Å². The van der Waals surface area contributed by atoms with Crippen LogP contribution in [0.15, 0.2) is 30.5 Å². The number of aliphatic hydroxyl groups excluding tert-OH is 1. The Kier molecular flexibility index (Phi) is 2.42. The molecule has 0 unspecified atom stereocenters. The molecule has 3 heteroatoms. The van der Waals surface area contributed by atoms with E-state index in [1.807, 2.05) is 6.20 Å². The molecule has 0 spiro atoms. The average molecular weight is 216 g/mol. The summed E-state index contributed by atoms with van der Waals surface area (Å²) < 4.78 is 0. The maximum atomic E-state index is 8.95. The van der Waals surface area contributed by atoms with Crippen molar-refractivity contribution in [3.8, 4) is 0 Å². The fourth-order valence-electron chi connectivity index (χ4n) is 2.37. The lowest BCUT2D eigenvalue weighted by Crippen LogP contribution is -2.47. The Balaban J connectivity index is 1.70. The number of fused-ring (bicyclic) bond motifs is 1. The number of hydrogen-bond donors (Lipinski definition) is 2. The number of H-pyrrole nitrogens is 1. The van der Waals surface area contributed by atoms with E-state index in [-0.39, 0.29) is 0 Å². The van der Waals surface area contributed by atoms with Crippen molar-refractivity contribution >= 4 is 10.9 Å². The zero-order valence-corrected chi connectivity index (χ0v) is 9.19. The third-order valence-corrected chi connectivity index (χ3v) is 3.32. The van der Waals surface area contributed by atoms with Crippen LogP contribution < -0.4 is 0 Å². The molecule has 0 aliphatic carbocycles. The van der Waals surface area contributed by atoms with Crippen LogP contribution in [0.4, 0.5) is 0 Å². The summed E-state index contributed by atoms with van der Waals surface area (Å²) in [5, 5.41) is 10.2. The highest BCUT2D eigenvalue weighted by Crippen LogP contribution is 2.20. The highest BCUT2D eigenvalue weighted by molar-refractivity contribution is 5.79. The lowest BCUT2D eigenvalue weighted by molar-refractivity contribution is 0.0479. The fraction of sp³-hybridized carbons (Fsp3) is 0.385. The van der Waals surface area contributed by atoms with E-state index < -0.39 is 0 Å². The first-order chi connectivity index (χ1) is 7.85. The molecule has 2 heterocycles. The number of rotatable bonds is 3. The van der Waals surface area contributed by atoms with Crippen LogP contribution >= 0.6 is 0 Å². The minimum absolute atomic E-state index is 0.326. The van der Waals surface area contributed by atoms with Crippen molar-refractivity contribution in [2.24, 2.45) is 5.92 Å². The molecular weight excluding hydrogens is 200 g/mol. The third-order valence-electron chi connectivity index (χ3n) is 3.32. The lowest BCUT2D eigenvalue weighted by Gasteiger charge is -2.38. The van der Waals surface area contributed by atoms with Gasteiger partial charge in [0.1, 0.15) is 0 Å². The Hall–Kier alpha value is -1.32. The van der Waals surface area contributed by atoms with Gasteiger partial charge in [0.15, 0.2) is 0 Å². The predicted molar refractivity (Wildman–Crippen MR) is 64.2 cm³/mol. The molecule has 0 atom stereocenters. The summed E-state index contributed by atoms with van der Waals surface area (Å²) in [5.41, 5.74) is 2.54. The first-order valence-electron chi connectivity index (χ1n) is 5.74. The normalized spacial score (nSPS) is 17.8. The molecule has 3 nitrogen and oxygen atoms in total. The van der Waals surface area contributed by atoms with Crippen molar-refractivity contribution < 1.29 is 5.11 Å². The van der Waals surface area contributed by atoms with Gasteiger partial charge in [-0.05, 0) is 23.1 Å². The largest absolute Gasteiger partial charge is 0.396 e. The molecule has 0 radical (unpaired) electrons. The van der Waals surface area contributed by atoms with Crippen molar-refractivity contribution in [3.63, 3.8) is 0 Å². The van der Waals surface area contributed by atoms with E-state index in [1.54, 1.807) is 0 Å².